The Kier molecular flexibility index (Phi) is 4.54. The first-order chi connectivity index (χ1) is 9.70. The normalized spacial score (nSPS) is 13.4. The third-order valence-corrected chi connectivity index (χ3v) is 4.61. The summed E-state index contributed by atoms with van der Waals surface area (Å²) < 4.78 is 0. The molecular weight excluding hydrogens is 305 g/mol. The van der Waals surface area contributed by atoms with E-state index in [1.807, 2.05) is 12.1 Å². The van der Waals surface area contributed by atoms with Crippen LogP contribution in [0.3, 0.4) is 0 Å². The molecule has 114 valence electrons. The first kappa shape index (κ1) is 16.2. The number of aromatic amines is 1. The predicted octanol–water partition coefficient (Wildman–Crippen LogP) is 5.19. The molecule has 1 heterocycles. The fraction of sp³-hybridized carbons (Fsp3) is 0.438. The van der Waals surface area contributed by atoms with E-state index in [9.17, 15) is 0 Å². The molecular formula is C16H21Cl2N3. The van der Waals surface area contributed by atoms with E-state index in [0.29, 0.717) is 21.8 Å². The third kappa shape index (κ3) is 3.53. The van der Waals surface area contributed by atoms with Gasteiger partial charge < -0.3 is 5.73 Å². The Bertz CT molecular complexity index is 641. The Morgan fingerprint density at radius 3 is 2.52 bits per heavy atom. The summed E-state index contributed by atoms with van der Waals surface area (Å²) in [5, 5.41) is 8.39. The summed E-state index contributed by atoms with van der Waals surface area (Å²) in [6.45, 7) is 8.91. The van der Waals surface area contributed by atoms with E-state index in [2.05, 4.69) is 37.9 Å². The second-order valence-corrected chi connectivity index (χ2v) is 7.40. The van der Waals surface area contributed by atoms with E-state index in [1.54, 1.807) is 6.07 Å². The Hall–Kier alpha value is -1.19. The largest absolute Gasteiger partial charge is 0.382 e. The molecule has 21 heavy (non-hydrogen) atoms. The zero-order valence-corrected chi connectivity index (χ0v) is 14.3. The number of nitrogens with one attached hydrogen (secondary N) is 1. The van der Waals surface area contributed by atoms with Crippen LogP contribution in [0, 0.1) is 11.3 Å². The summed E-state index contributed by atoms with van der Waals surface area (Å²) in [4.78, 5) is 0. The van der Waals surface area contributed by atoms with E-state index < -0.39 is 0 Å². The second kappa shape index (κ2) is 5.90. The van der Waals surface area contributed by atoms with Crippen LogP contribution in [-0.2, 0) is 6.42 Å². The molecule has 0 bridgehead atoms. The van der Waals surface area contributed by atoms with Gasteiger partial charge in [0.1, 0.15) is 0 Å². The molecule has 1 aromatic carbocycles. The van der Waals surface area contributed by atoms with Gasteiger partial charge in [0, 0.05) is 21.8 Å². The number of nitrogen functional groups attached to an aromatic ring is 1. The maximum Gasteiger partial charge on any atom is 0.153 e. The Balaban J connectivity index is 2.43. The van der Waals surface area contributed by atoms with Crippen LogP contribution in [0.25, 0.3) is 11.1 Å². The highest BCUT2D eigenvalue weighted by Crippen LogP contribution is 2.37. The minimum atomic E-state index is 0.209. The molecule has 0 radical (unpaired) electrons. The second-order valence-electron chi connectivity index (χ2n) is 6.56. The van der Waals surface area contributed by atoms with Crippen LogP contribution in [-0.4, -0.2) is 10.2 Å². The number of rotatable bonds is 3. The highest BCUT2D eigenvalue weighted by atomic mass is 35.5. The van der Waals surface area contributed by atoms with Crippen LogP contribution >= 0.6 is 23.2 Å². The fourth-order valence-electron chi connectivity index (χ4n) is 2.15. The van der Waals surface area contributed by atoms with Crippen molar-refractivity contribution in [3.8, 4) is 11.1 Å². The molecule has 3 N–H and O–H groups in total. The Morgan fingerprint density at radius 1 is 1.29 bits per heavy atom. The number of benzene rings is 1. The fourth-order valence-corrected chi connectivity index (χ4v) is 2.65. The summed E-state index contributed by atoms with van der Waals surface area (Å²) in [6, 6.07) is 5.42. The smallest absolute Gasteiger partial charge is 0.153 e. The van der Waals surface area contributed by atoms with Gasteiger partial charge in [-0.15, -0.1) is 0 Å². The molecule has 0 spiro atoms. The molecule has 0 aliphatic rings. The van der Waals surface area contributed by atoms with Crippen LogP contribution in [0.4, 0.5) is 5.82 Å². The summed E-state index contributed by atoms with van der Waals surface area (Å²) in [5.41, 5.74) is 9.00. The molecule has 1 aromatic heterocycles. The van der Waals surface area contributed by atoms with Crippen molar-refractivity contribution in [1.82, 2.24) is 10.2 Å². The van der Waals surface area contributed by atoms with Crippen molar-refractivity contribution in [3.63, 3.8) is 0 Å². The maximum absolute atomic E-state index is 6.31. The van der Waals surface area contributed by atoms with Gasteiger partial charge in [0.25, 0.3) is 0 Å². The molecule has 2 rings (SSSR count). The maximum atomic E-state index is 6.31. The number of hydrogen-bond donors (Lipinski definition) is 2. The molecule has 5 heteroatoms. The summed E-state index contributed by atoms with van der Waals surface area (Å²) in [7, 11) is 0. The van der Waals surface area contributed by atoms with E-state index in [0.717, 1.165) is 23.2 Å². The van der Waals surface area contributed by atoms with Gasteiger partial charge in [-0.3, -0.25) is 5.10 Å². The highest BCUT2D eigenvalue weighted by molar-refractivity contribution is 6.36. The summed E-state index contributed by atoms with van der Waals surface area (Å²) in [6.07, 6.45) is 0.863. The molecule has 0 aliphatic heterocycles. The van der Waals surface area contributed by atoms with Gasteiger partial charge in [0.15, 0.2) is 5.82 Å². The molecule has 0 saturated carbocycles. The average Bonchev–Trinajstić information content (AvgIpc) is 2.70. The minimum absolute atomic E-state index is 0.209. The molecule has 0 saturated heterocycles. The lowest BCUT2D eigenvalue weighted by molar-refractivity contribution is 0.258. The van der Waals surface area contributed by atoms with Gasteiger partial charge in [-0.25, -0.2) is 0 Å². The SMILES string of the molecule is CC(Cc1[nH]nc(N)c1-c1ccc(Cl)cc1Cl)C(C)(C)C. The highest BCUT2D eigenvalue weighted by Gasteiger charge is 2.24. The topological polar surface area (TPSA) is 54.7 Å². The van der Waals surface area contributed by atoms with Gasteiger partial charge in [-0.05, 0) is 29.9 Å². The molecule has 3 nitrogen and oxygen atoms in total. The monoisotopic (exact) mass is 325 g/mol. The van der Waals surface area contributed by atoms with Crippen LogP contribution < -0.4 is 5.73 Å². The van der Waals surface area contributed by atoms with Gasteiger partial charge in [0.2, 0.25) is 0 Å². The van der Waals surface area contributed by atoms with E-state index in [-0.39, 0.29) is 5.41 Å². The predicted molar refractivity (Wildman–Crippen MR) is 90.8 cm³/mol. The van der Waals surface area contributed by atoms with Crippen molar-refractivity contribution in [3.05, 3.63) is 33.9 Å². The van der Waals surface area contributed by atoms with Gasteiger partial charge in [-0.2, -0.15) is 5.10 Å². The number of halogens is 2. The molecule has 0 aliphatic carbocycles. The van der Waals surface area contributed by atoms with Crippen LogP contribution in [0.5, 0.6) is 0 Å². The van der Waals surface area contributed by atoms with E-state index >= 15 is 0 Å². The molecule has 2 aromatic rings. The van der Waals surface area contributed by atoms with Gasteiger partial charge >= 0.3 is 0 Å². The van der Waals surface area contributed by atoms with Crippen LogP contribution in [0.15, 0.2) is 18.2 Å². The first-order valence-electron chi connectivity index (χ1n) is 6.98. The van der Waals surface area contributed by atoms with Crippen LogP contribution in [0.2, 0.25) is 10.0 Å². The summed E-state index contributed by atoms with van der Waals surface area (Å²) in [5.74, 6) is 0.942. The van der Waals surface area contributed by atoms with Gasteiger partial charge in [0.05, 0.1) is 5.02 Å². The van der Waals surface area contributed by atoms with Crippen molar-refractivity contribution in [2.45, 2.75) is 34.1 Å². The number of nitrogens with two attached hydrogens (primary N) is 1. The van der Waals surface area contributed by atoms with E-state index in [4.69, 9.17) is 28.9 Å². The Morgan fingerprint density at radius 2 is 1.95 bits per heavy atom. The zero-order chi connectivity index (χ0) is 15.8. The number of aromatic nitrogens is 2. The van der Waals surface area contributed by atoms with Crippen molar-refractivity contribution in [2.75, 3.05) is 5.73 Å². The molecule has 1 unspecified atom stereocenters. The number of anilines is 1. The number of nitrogens with zero attached hydrogens (tertiary/aromatic N) is 1. The Labute approximate surface area is 135 Å². The van der Waals surface area contributed by atoms with Crippen molar-refractivity contribution in [2.24, 2.45) is 11.3 Å². The minimum Gasteiger partial charge on any atom is -0.382 e. The first-order valence-corrected chi connectivity index (χ1v) is 7.74. The summed E-state index contributed by atoms with van der Waals surface area (Å²) >= 11 is 12.3. The lowest BCUT2D eigenvalue weighted by Gasteiger charge is -2.27. The van der Waals surface area contributed by atoms with E-state index in [1.165, 1.54) is 0 Å². The molecule has 0 fully saturated rings. The molecule has 1 atom stereocenters. The number of hydrogen-bond acceptors (Lipinski definition) is 2. The quantitative estimate of drug-likeness (QED) is 0.815. The zero-order valence-electron chi connectivity index (χ0n) is 12.8. The van der Waals surface area contributed by atoms with Crippen molar-refractivity contribution >= 4 is 29.0 Å². The lowest BCUT2D eigenvalue weighted by atomic mass is 9.79. The number of H-pyrrole nitrogens is 1. The van der Waals surface area contributed by atoms with Crippen LogP contribution in [0.1, 0.15) is 33.4 Å². The third-order valence-electron chi connectivity index (χ3n) is 4.06. The average molecular weight is 326 g/mol. The molecule has 0 amide bonds. The lowest BCUT2D eigenvalue weighted by Crippen LogP contribution is -2.19. The van der Waals surface area contributed by atoms with Crippen molar-refractivity contribution in [1.29, 1.82) is 0 Å². The van der Waals surface area contributed by atoms with Crippen molar-refractivity contribution < 1.29 is 0 Å². The standard InChI is InChI=1S/C16H21Cl2N3/c1-9(16(2,3)4)7-13-14(15(19)21-20-13)11-6-5-10(17)8-12(11)18/h5-6,8-9H,7H2,1-4H3,(H3,19,20,21). The van der Waals surface area contributed by atoms with Gasteiger partial charge in [-0.1, -0.05) is 57.0 Å².